The molecule has 0 unspecified atom stereocenters. The van der Waals surface area contributed by atoms with Crippen LogP contribution < -0.4 is 0 Å². The maximum atomic E-state index is 5.39. The van der Waals surface area contributed by atoms with Gasteiger partial charge in [-0.1, -0.05) is 133 Å². The third-order valence-corrected chi connectivity index (χ3v) is 14.1. The van der Waals surface area contributed by atoms with E-state index in [1.54, 1.807) is 6.20 Å². The lowest BCUT2D eigenvalue weighted by molar-refractivity contribution is 1.18. The third-order valence-electron chi connectivity index (χ3n) is 11.8. The van der Waals surface area contributed by atoms with Gasteiger partial charge in [0.15, 0.2) is 5.82 Å². The molecule has 0 N–H and O–H groups in total. The van der Waals surface area contributed by atoms with E-state index in [4.69, 9.17) is 9.97 Å². The molecule has 0 aliphatic rings. The monoisotopic (exact) mass is 825 g/mol. The second-order valence-corrected chi connectivity index (χ2v) is 17.8. The summed E-state index contributed by atoms with van der Waals surface area (Å²) in [6.07, 6.45) is 3.70. The number of benzene rings is 8. The fourth-order valence-electron chi connectivity index (χ4n) is 8.60. The number of aromatic nitrogens is 3. The highest BCUT2D eigenvalue weighted by molar-refractivity contribution is 7.26. The van der Waals surface area contributed by atoms with Gasteiger partial charge in [0.25, 0.3) is 0 Å². The molecule has 0 saturated heterocycles. The first-order valence-electron chi connectivity index (χ1n) is 20.7. The summed E-state index contributed by atoms with van der Waals surface area (Å²) >= 11 is 3.69. The lowest BCUT2D eigenvalue weighted by atomic mass is 9.93. The van der Waals surface area contributed by atoms with Gasteiger partial charge < -0.3 is 0 Å². The van der Waals surface area contributed by atoms with Crippen molar-refractivity contribution in [1.29, 1.82) is 0 Å². The molecule has 0 fully saturated rings. The topological polar surface area (TPSA) is 38.7 Å². The molecule has 0 atom stereocenters. The smallest absolute Gasteiger partial charge is 0.160 e. The molecule has 8 aromatic carbocycles. The highest BCUT2D eigenvalue weighted by Crippen LogP contribution is 2.41. The average Bonchev–Trinajstić information content (AvgIpc) is 3.92. The van der Waals surface area contributed by atoms with Crippen molar-refractivity contribution in [3.05, 3.63) is 213 Å². The van der Waals surface area contributed by atoms with Gasteiger partial charge in [0.05, 0.1) is 11.4 Å². The predicted molar refractivity (Wildman–Crippen MR) is 264 cm³/mol. The Morgan fingerprint density at radius 3 is 1.32 bits per heavy atom. The van der Waals surface area contributed by atoms with Gasteiger partial charge in [0.1, 0.15) is 0 Å². The van der Waals surface area contributed by atoms with Gasteiger partial charge in [-0.2, -0.15) is 0 Å². The molecular weight excluding hydrogens is 791 g/mol. The van der Waals surface area contributed by atoms with Gasteiger partial charge in [0, 0.05) is 69.4 Å². The minimum absolute atomic E-state index is 0.678. The molecule has 12 rings (SSSR count). The molecule has 3 nitrogen and oxygen atoms in total. The summed E-state index contributed by atoms with van der Waals surface area (Å²) in [6.45, 7) is 0. The van der Waals surface area contributed by atoms with Crippen LogP contribution in [0.4, 0.5) is 0 Å². The maximum Gasteiger partial charge on any atom is 0.160 e. The predicted octanol–water partition coefficient (Wildman–Crippen LogP) is 16.3. The summed E-state index contributed by atoms with van der Waals surface area (Å²) in [5.74, 6) is 0.678. The Bertz CT molecular complexity index is 3380. The Morgan fingerprint density at radius 2 is 0.726 bits per heavy atom. The van der Waals surface area contributed by atoms with E-state index in [9.17, 15) is 0 Å². The normalized spacial score (nSPS) is 11.5. The Balaban J connectivity index is 1.05. The molecule has 0 aliphatic heterocycles. The van der Waals surface area contributed by atoms with Gasteiger partial charge in [-0.05, 0) is 111 Å². The molecular formula is C57H35N3S2. The molecule has 5 heteroatoms. The lowest BCUT2D eigenvalue weighted by Crippen LogP contribution is -1.97. The van der Waals surface area contributed by atoms with Gasteiger partial charge in [-0.15, -0.1) is 22.7 Å². The number of thiophene rings is 2. The van der Waals surface area contributed by atoms with Crippen LogP contribution in [-0.4, -0.2) is 15.0 Å². The van der Waals surface area contributed by atoms with Crippen LogP contribution in [0.15, 0.2) is 213 Å². The number of fused-ring (bicyclic) bond motifs is 6. The van der Waals surface area contributed by atoms with Crippen LogP contribution in [0.25, 0.3) is 119 Å². The Morgan fingerprint density at radius 1 is 0.274 bits per heavy atom. The summed E-state index contributed by atoms with van der Waals surface area (Å²) < 4.78 is 5.19. The number of rotatable bonds is 7. The van der Waals surface area contributed by atoms with E-state index >= 15 is 0 Å². The van der Waals surface area contributed by atoms with Crippen molar-refractivity contribution in [3.63, 3.8) is 0 Å². The van der Waals surface area contributed by atoms with E-state index < -0.39 is 0 Å². The van der Waals surface area contributed by atoms with Gasteiger partial charge in [0.2, 0.25) is 0 Å². The summed E-state index contributed by atoms with van der Waals surface area (Å²) in [5.41, 5.74) is 13.9. The first kappa shape index (κ1) is 36.3. The van der Waals surface area contributed by atoms with Crippen molar-refractivity contribution >= 4 is 63.0 Å². The quantitative estimate of drug-likeness (QED) is 0.161. The van der Waals surface area contributed by atoms with Crippen LogP contribution in [0.2, 0.25) is 0 Å². The van der Waals surface area contributed by atoms with E-state index in [-0.39, 0.29) is 0 Å². The largest absolute Gasteiger partial charge is 0.264 e. The SMILES string of the molecule is c1ccc(-c2ccc(-c3nc(-c4ccc(-c5cccnc5)cc4)cc(-c4cc(-c5ccc6sc7ccccc7c6c5)cc(-c5ccc6sc7ccccc7c6c5)c4)n3)cc2)cc1. The standard InChI is InChI=1S/C57H35N3S2/c1-2-9-36(10-3-1)37-18-22-40(23-19-37)57-59-51(39-20-16-38(17-21-39)43-11-8-28-58-35-43)34-52(60-57)46-30-44(41-24-26-55-49(32-41)47-12-4-6-14-53(47)61-55)29-45(31-46)42-25-27-56-50(33-42)48-13-5-7-15-54(48)62-56/h1-35H. The third kappa shape index (κ3) is 6.65. The molecule has 0 radical (unpaired) electrons. The second kappa shape index (κ2) is 15.2. The second-order valence-electron chi connectivity index (χ2n) is 15.6. The van der Waals surface area contributed by atoms with E-state index in [1.165, 1.54) is 57.0 Å². The molecule has 62 heavy (non-hydrogen) atoms. The molecule has 0 spiro atoms. The Hall–Kier alpha value is -7.57. The Labute approximate surface area is 366 Å². The fraction of sp³-hybridized carbons (Fsp3) is 0. The van der Waals surface area contributed by atoms with Gasteiger partial charge >= 0.3 is 0 Å². The number of hydrogen-bond donors (Lipinski definition) is 0. The van der Waals surface area contributed by atoms with Crippen molar-refractivity contribution in [2.75, 3.05) is 0 Å². The molecule has 0 bridgehead atoms. The van der Waals surface area contributed by atoms with E-state index in [1.807, 2.05) is 41.0 Å². The van der Waals surface area contributed by atoms with Crippen molar-refractivity contribution in [1.82, 2.24) is 15.0 Å². The summed E-state index contributed by atoms with van der Waals surface area (Å²) in [7, 11) is 0. The van der Waals surface area contributed by atoms with Gasteiger partial charge in [-0.25, -0.2) is 9.97 Å². The molecule has 4 aromatic heterocycles. The number of nitrogens with zero attached hydrogens (tertiary/aromatic N) is 3. The lowest BCUT2D eigenvalue weighted by Gasteiger charge is -2.14. The molecule has 0 saturated carbocycles. The van der Waals surface area contributed by atoms with Crippen LogP contribution >= 0.6 is 22.7 Å². The first-order chi connectivity index (χ1) is 30.7. The van der Waals surface area contributed by atoms with E-state index in [0.29, 0.717) is 5.82 Å². The van der Waals surface area contributed by atoms with Crippen molar-refractivity contribution in [2.24, 2.45) is 0 Å². The summed E-state index contributed by atoms with van der Waals surface area (Å²) in [6, 6.07) is 72.1. The van der Waals surface area contributed by atoms with Crippen LogP contribution in [0.1, 0.15) is 0 Å². The van der Waals surface area contributed by atoms with Gasteiger partial charge in [-0.3, -0.25) is 4.98 Å². The highest BCUT2D eigenvalue weighted by atomic mass is 32.1. The molecule has 0 amide bonds. The molecule has 4 heterocycles. The van der Waals surface area contributed by atoms with Crippen molar-refractivity contribution in [3.8, 4) is 78.4 Å². The highest BCUT2D eigenvalue weighted by Gasteiger charge is 2.16. The fourth-order valence-corrected chi connectivity index (χ4v) is 10.8. The summed E-state index contributed by atoms with van der Waals surface area (Å²) in [4.78, 5) is 15.0. The molecule has 0 aliphatic carbocycles. The van der Waals surface area contributed by atoms with Crippen molar-refractivity contribution < 1.29 is 0 Å². The zero-order valence-electron chi connectivity index (χ0n) is 33.4. The number of pyridine rings is 1. The minimum atomic E-state index is 0.678. The first-order valence-corrected chi connectivity index (χ1v) is 22.3. The van der Waals surface area contributed by atoms with Crippen LogP contribution in [0, 0.1) is 0 Å². The average molecular weight is 826 g/mol. The zero-order valence-corrected chi connectivity index (χ0v) is 35.0. The maximum absolute atomic E-state index is 5.39. The molecule has 12 aromatic rings. The molecule has 290 valence electrons. The van der Waals surface area contributed by atoms with Crippen LogP contribution in [0.5, 0.6) is 0 Å². The van der Waals surface area contributed by atoms with Crippen LogP contribution in [-0.2, 0) is 0 Å². The van der Waals surface area contributed by atoms with Crippen molar-refractivity contribution in [2.45, 2.75) is 0 Å². The Kier molecular flexibility index (Phi) is 8.87. The summed E-state index contributed by atoms with van der Waals surface area (Å²) in [5, 5.41) is 5.14. The van der Waals surface area contributed by atoms with E-state index in [0.717, 1.165) is 55.9 Å². The number of hydrogen-bond acceptors (Lipinski definition) is 5. The van der Waals surface area contributed by atoms with Crippen LogP contribution in [0.3, 0.4) is 0 Å². The minimum Gasteiger partial charge on any atom is -0.264 e. The van der Waals surface area contributed by atoms with E-state index in [2.05, 4.69) is 193 Å². The zero-order chi connectivity index (χ0) is 41.0.